The molecule has 0 bridgehead atoms. The average Bonchev–Trinajstić information content (AvgIpc) is 2.36. The Balaban J connectivity index is 2.35. The lowest BCUT2D eigenvalue weighted by atomic mass is 10.3. The third kappa shape index (κ3) is 2.59. The molecule has 1 aliphatic heterocycles. The quantitative estimate of drug-likeness (QED) is 0.610. The van der Waals surface area contributed by atoms with E-state index in [1.165, 1.54) is 6.07 Å². The molecule has 2 heterocycles. The second kappa shape index (κ2) is 4.88. The van der Waals surface area contributed by atoms with E-state index in [0.29, 0.717) is 0 Å². The van der Waals surface area contributed by atoms with Gasteiger partial charge in [-0.05, 0) is 16.0 Å². The summed E-state index contributed by atoms with van der Waals surface area (Å²) < 4.78 is 5.08. The normalized spacial score (nSPS) is 13.7. The first-order valence-electron chi connectivity index (χ1n) is 5.29. The molecule has 0 saturated heterocycles. The van der Waals surface area contributed by atoms with E-state index in [0.717, 1.165) is 11.0 Å². The van der Waals surface area contributed by atoms with Crippen molar-refractivity contribution in [1.29, 1.82) is 0 Å². The number of hydrogen-bond acceptors (Lipinski definition) is 6. The first-order chi connectivity index (χ1) is 8.99. The van der Waals surface area contributed by atoms with Crippen molar-refractivity contribution in [2.75, 3.05) is 18.1 Å². The number of carbonyl (C=O) groups is 2. The molecular formula is C10H9N3O6. The number of nitrogens with zero attached hydrogens (tertiary/aromatic N) is 3. The summed E-state index contributed by atoms with van der Waals surface area (Å²) in [6.07, 6.45) is -0.282. The Morgan fingerprint density at radius 3 is 2.95 bits per heavy atom. The van der Waals surface area contributed by atoms with Gasteiger partial charge in [0.25, 0.3) is 11.7 Å². The molecule has 1 amide bonds. The highest BCUT2D eigenvalue weighted by atomic mass is 16.6. The molecule has 0 unspecified atom stereocenters. The van der Waals surface area contributed by atoms with Crippen LogP contribution in [-0.2, 0) is 9.59 Å². The second-order valence-electron chi connectivity index (χ2n) is 3.73. The van der Waals surface area contributed by atoms with Crippen LogP contribution < -0.4 is 9.64 Å². The van der Waals surface area contributed by atoms with Crippen molar-refractivity contribution >= 4 is 23.5 Å². The third-order valence-corrected chi connectivity index (χ3v) is 2.47. The van der Waals surface area contributed by atoms with Crippen molar-refractivity contribution in [3.05, 3.63) is 22.2 Å². The fraction of sp³-hybridized carbons (Fsp3) is 0.300. The first kappa shape index (κ1) is 12.7. The van der Waals surface area contributed by atoms with Crippen LogP contribution in [0.25, 0.3) is 0 Å². The van der Waals surface area contributed by atoms with Gasteiger partial charge in [-0.15, -0.1) is 0 Å². The SMILES string of the molecule is O=C(O)CCN1C(=O)COc2ccc([N+](=O)[O-])nc21. The molecule has 19 heavy (non-hydrogen) atoms. The number of aromatic nitrogens is 1. The van der Waals surface area contributed by atoms with Gasteiger partial charge < -0.3 is 20.0 Å². The Morgan fingerprint density at radius 1 is 1.58 bits per heavy atom. The number of rotatable bonds is 4. The smallest absolute Gasteiger partial charge is 0.366 e. The van der Waals surface area contributed by atoms with Crippen LogP contribution in [0.1, 0.15) is 6.42 Å². The number of ether oxygens (including phenoxy) is 1. The maximum atomic E-state index is 11.6. The zero-order valence-electron chi connectivity index (χ0n) is 9.61. The highest BCUT2D eigenvalue weighted by molar-refractivity contribution is 5.97. The van der Waals surface area contributed by atoms with Gasteiger partial charge in [-0.1, -0.05) is 0 Å². The predicted molar refractivity (Wildman–Crippen MR) is 61.0 cm³/mol. The van der Waals surface area contributed by atoms with E-state index >= 15 is 0 Å². The van der Waals surface area contributed by atoms with Gasteiger partial charge >= 0.3 is 11.8 Å². The molecule has 1 aromatic heterocycles. The number of pyridine rings is 1. The van der Waals surface area contributed by atoms with Gasteiger partial charge in [0, 0.05) is 12.6 Å². The monoisotopic (exact) mass is 267 g/mol. The van der Waals surface area contributed by atoms with Crippen LogP contribution >= 0.6 is 0 Å². The average molecular weight is 267 g/mol. The van der Waals surface area contributed by atoms with Crippen molar-refractivity contribution in [2.45, 2.75) is 6.42 Å². The molecule has 100 valence electrons. The Labute approximate surface area is 106 Å². The van der Waals surface area contributed by atoms with E-state index < -0.39 is 22.6 Å². The van der Waals surface area contributed by atoms with Gasteiger partial charge in [0.15, 0.2) is 12.4 Å². The Bertz CT molecular complexity index is 558. The number of aliphatic carboxylic acids is 1. The highest BCUT2D eigenvalue weighted by Crippen LogP contribution is 2.31. The number of nitro groups is 1. The number of carboxylic acids is 1. The minimum Gasteiger partial charge on any atom is -0.481 e. The lowest BCUT2D eigenvalue weighted by Crippen LogP contribution is -2.40. The topological polar surface area (TPSA) is 123 Å². The summed E-state index contributed by atoms with van der Waals surface area (Å²) in [6, 6.07) is 2.49. The van der Waals surface area contributed by atoms with Crippen molar-refractivity contribution in [3.8, 4) is 5.75 Å². The molecule has 1 N–H and O–H groups in total. The number of amides is 1. The van der Waals surface area contributed by atoms with Crippen LogP contribution in [0.5, 0.6) is 5.75 Å². The number of fused-ring (bicyclic) bond motifs is 1. The molecule has 0 radical (unpaired) electrons. The molecule has 0 atom stereocenters. The van der Waals surface area contributed by atoms with E-state index in [2.05, 4.69) is 4.98 Å². The molecule has 0 aliphatic carbocycles. The van der Waals surface area contributed by atoms with Crippen molar-refractivity contribution < 1.29 is 24.4 Å². The molecule has 0 aromatic carbocycles. The minimum atomic E-state index is -1.08. The van der Waals surface area contributed by atoms with Gasteiger partial charge in [-0.2, -0.15) is 0 Å². The van der Waals surface area contributed by atoms with Crippen LogP contribution in [0.2, 0.25) is 0 Å². The maximum absolute atomic E-state index is 11.6. The lowest BCUT2D eigenvalue weighted by Gasteiger charge is -2.24. The molecule has 0 saturated carbocycles. The summed E-state index contributed by atoms with van der Waals surface area (Å²) in [6.45, 7) is -0.356. The molecule has 1 aliphatic rings. The van der Waals surface area contributed by atoms with Crippen molar-refractivity contribution in [2.24, 2.45) is 0 Å². The summed E-state index contributed by atoms with van der Waals surface area (Å²) in [5.74, 6) is -1.80. The summed E-state index contributed by atoms with van der Waals surface area (Å²) in [7, 11) is 0. The molecule has 0 fully saturated rings. The van der Waals surface area contributed by atoms with Crippen LogP contribution in [0, 0.1) is 10.1 Å². The Hall–Kier alpha value is -2.71. The number of anilines is 1. The second-order valence-corrected chi connectivity index (χ2v) is 3.73. The summed E-state index contributed by atoms with van der Waals surface area (Å²) >= 11 is 0. The van der Waals surface area contributed by atoms with E-state index in [-0.39, 0.29) is 31.1 Å². The van der Waals surface area contributed by atoms with Gasteiger partial charge in [0.1, 0.15) is 0 Å². The zero-order chi connectivity index (χ0) is 14.0. The van der Waals surface area contributed by atoms with Gasteiger partial charge in [-0.25, -0.2) is 0 Å². The summed E-state index contributed by atoms with van der Waals surface area (Å²) in [5.41, 5.74) is 0. The molecular weight excluding hydrogens is 258 g/mol. The molecule has 9 heteroatoms. The Morgan fingerprint density at radius 2 is 2.32 bits per heavy atom. The summed E-state index contributed by atoms with van der Waals surface area (Å²) in [4.78, 5) is 36.9. The molecule has 1 aromatic rings. The Kier molecular flexibility index (Phi) is 3.27. The van der Waals surface area contributed by atoms with E-state index in [4.69, 9.17) is 9.84 Å². The maximum Gasteiger partial charge on any atom is 0.366 e. The van der Waals surface area contributed by atoms with Crippen molar-refractivity contribution in [1.82, 2.24) is 4.98 Å². The highest BCUT2D eigenvalue weighted by Gasteiger charge is 2.32. The largest absolute Gasteiger partial charge is 0.481 e. The summed E-state index contributed by atoms with van der Waals surface area (Å²) in [5, 5.41) is 19.3. The molecule has 2 rings (SSSR count). The minimum absolute atomic E-state index is 0.0216. The number of carbonyl (C=O) groups excluding carboxylic acids is 1. The van der Waals surface area contributed by atoms with Crippen LogP contribution in [0.4, 0.5) is 11.6 Å². The number of hydrogen-bond donors (Lipinski definition) is 1. The van der Waals surface area contributed by atoms with Crippen LogP contribution in [0.3, 0.4) is 0 Å². The predicted octanol–water partition coefficient (Wildman–Crippen LogP) is 0.190. The zero-order valence-corrected chi connectivity index (χ0v) is 9.61. The molecule has 0 spiro atoms. The third-order valence-electron chi connectivity index (χ3n) is 2.47. The van der Waals surface area contributed by atoms with Crippen molar-refractivity contribution in [3.63, 3.8) is 0 Å². The fourth-order valence-corrected chi connectivity index (χ4v) is 1.61. The van der Waals surface area contributed by atoms with Gasteiger partial charge in [-0.3, -0.25) is 14.5 Å². The van der Waals surface area contributed by atoms with E-state index in [9.17, 15) is 19.7 Å². The number of carboxylic acid groups (broad SMARTS) is 1. The van der Waals surface area contributed by atoms with E-state index in [1.807, 2.05) is 0 Å². The molecule has 9 nitrogen and oxygen atoms in total. The van der Waals surface area contributed by atoms with Gasteiger partial charge in [0.05, 0.1) is 6.42 Å². The first-order valence-corrected chi connectivity index (χ1v) is 5.29. The van der Waals surface area contributed by atoms with Crippen LogP contribution in [-0.4, -0.2) is 40.0 Å². The van der Waals surface area contributed by atoms with Gasteiger partial charge in [0.2, 0.25) is 0 Å². The van der Waals surface area contributed by atoms with E-state index in [1.54, 1.807) is 0 Å². The fourth-order valence-electron chi connectivity index (χ4n) is 1.61. The standard InChI is InChI=1S/C10H9N3O6/c14-8-5-19-6-1-2-7(13(17)18)11-10(6)12(8)4-3-9(15)16/h1-2H,3-5H2,(H,15,16). The lowest BCUT2D eigenvalue weighted by molar-refractivity contribution is -0.389. The van der Waals surface area contributed by atoms with Crippen LogP contribution in [0.15, 0.2) is 12.1 Å².